The van der Waals surface area contributed by atoms with Gasteiger partial charge in [-0.05, 0) is 57.4 Å². The molecule has 10 nitrogen and oxygen atoms in total. The summed E-state index contributed by atoms with van der Waals surface area (Å²) in [7, 11) is 2.21. The number of fused-ring (bicyclic) bond motifs is 1. The summed E-state index contributed by atoms with van der Waals surface area (Å²) in [6.45, 7) is 10.9. The van der Waals surface area contributed by atoms with E-state index in [4.69, 9.17) is 4.74 Å². The van der Waals surface area contributed by atoms with Gasteiger partial charge in [0, 0.05) is 64.3 Å². The van der Waals surface area contributed by atoms with Crippen molar-refractivity contribution in [1.29, 1.82) is 0 Å². The lowest BCUT2D eigenvalue weighted by molar-refractivity contribution is -0.137. The van der Waals surface area contributed by atoms with Crippen LogP contribution in [-0.2, 0) is 11.3 Å². The van der Waals surface area contributed by atoms with Gasteiger partial charge in [-0.3, -0.25) is 9.69 Å². The Morgan fingerprint density at radius 3 is 2.50 bits per heavy atom. The smallest absolute Gasteiger partial charge is 0.225 e. The van der Waals surface area contributed by atoms with E-state index in [-0.39, 0.29) is 5.92 Å². The van der Waals surface area contributed by atoms with Gasteiger partial charge in [-0.25, -0.2) is 14.6 Å². The van der Waals surface area contributed by atoms with E-state index in [2.05, 4.69) is 47.8 Å². The van der Waals surface area contributed by atoms with Crippen LogP contribution in [0.2, 0.25) is 0 Å². The van der Waals surface area contributed by atoms with Crippen LogP contribution in [0.25, 0.3) is 11.0 Å². The van der Waals surface area contributed by atoms with Crippen LogP contribution < -0.4 is 9.64 Å². The monoisotopic (exact) mass is 546 g/mol. The normalized spacial score (nSPS) is 23.1. The molecule has 10 heteroatoms. The minimum atomic E-state index is 0.181. The number of piperazine rings is 2. The maximum Gasteiger partial charge on any atom is 0.225 e. The molecule has 214 valence electrons. The fraction of sp³-hybridized carbons (Fsp3) is 0.600. The van der Waals surface area contributed by atoms with Crippen LogP contribution in [0.5, 0.6) is 5.75 Å². The van der Waals surface area contributed by atoms with Crippen molar-refractivity contribution >= 4 is 22.8 Å². The maximum absolute atomic E-state index is 13.4. The van der Waals surface area contributed by atoms with Crippen molar-refractivity contribution in [3.63, 3.8) is 0 Å². The standard InChI is InChI=1S/C30H42N8O2/c1-3-40-26-6-4-5-23(19-26)21-38-29-27(20-33-38)28(31-22-32-29)36-15-17-37(18-16-36)30(39)24-7-9-25(10-8-24)35-13-11-34(2)12-14-35/h4-6,19-20,22,24-25H,3,7-18,21H2,1-2H3. The second-order valence-corrected chi connectivity index (χ2v) is 11.5. The van der Waals surface area contributed by atoms with Crippen molar-refractivity contribution in [3.05, 3.63) is 42.4 Å². The van der Waals surface area contributed by atoms with Crippen LogP contribution in [0.3, 0.4) is 0 Å². The highest BCUT2D eigenvalue weighted by Gasteiger charge is 2.34. The van der Waals surface area contributed by atoms with E-state index < -0.39 is 0 Å². The third-order valence-electron chi connectivity index (χ3n) is 8.95. The Labute approximate surface area is 236 Å². The van der Waals surface area contributed by atoms with Crippen molar-refractivity contribution < 1.29 is 9.53 Å². The summed E-state index contributed by atoms with van der Waals surface area (Å²) in [5.41, 5.74) is 1.93. The SMILES string of the molecule is CCOc1cccc(Cn2ncc3c(N4CCN(C(=O)C5CCC(N6CCN(C)CC6)CC5)CC4)ncnc32)c1. The first kappa shape index (κ1) is 27.0. The fourth-order valence-electron chi connectivity index (χ4n) is 6.59. The zero-order valence-corrected chi connectivity index (χ0v) is 23.9. The summed E-state index contributed by atoms with van der Waals surface area (Å²) in [6, 6.07) is 8.76. The third kappa shape index (κ3) is 5.78. The molecule has 1 aromatic carbocycles. The van der Waals surface area contributed by atoms with Crippen LogP contribution >= 0.6 is 0 Å². The molecule has 2 aliphatic heterocycles. The number of carbonyl (C=O) groups is 1. The summed E-state index contributed by atoms with van der Waals surface area (Å²) in [6.07, 6.45) is 7.85. The number of carbonyl (C=O) groups excluding carboxylic acids is 1. The quantitative estimate of drug-likeness (QED) is 0.448. The Bertz CT molecular complexity index is 1290. The molecule has 3 fully saturated rings. The Hall–Kier alpha value is -3.24. The van der Waals surface area contributed by atoms with E-state index >= 15 is 0 Å². The van der Waals surface area contributed by atoms with Gasteiger partial charge in [0.15, 0.2) is 5.65 Å². The number of hydrogen-bond donors (Lipinski definition) is 0. The molecule has 0 radical (unpaired) electrons. The van der Waals surface area contributed by atoms with Gasteiger partial charge in [-0.2, -0.15) is 5.10 Å². The molecule has 0 spiro atoms. The summed E-state index contributed by atoms with van der Waals surface area (Å²) in [5, 5.41) is 5.60. The fourth-order valence-corrected chi connectivity index (χ4v) is 6.59. The Morgan fingerprint density at radius 1 is 0.975 bits per heavy atom. The van der Waals surface area contributed by atoms with Gasteiger partial charge in [-0.1, -0.05) is 12.1 Å². The van der Waals surface area contributed by atoms with Crippen molar-refractivity contribution in [1.82, 2.24) is 34.4 Å². The molecule has 1 saturated carbocycles. The molecule has 6 rings (SSSR count). The number of ether oxygens (including phenoxy) is 1. The molecule has 1 amide bonds. The highest BCUT2D eigenvalue weighted by atomic mass is 16.5. The summed E-state index contributed by atoms with van der Waals surface area (Å²) >= 11 is 0. The number of likely N-dealkylation sites (N-methyl/N-ethyl adjacent to an activating group) is 1. The van der Waals surface area contributed by atoms with Crippen molar-refractivity contribution in [2.24, 2.45) is 5.92 Å². The molecule has 0 atom stereocenters. The van der Waals surface area contributed by atoms with Gasteiger partial charge in [-0.15, -0.1) is 0 Å². The molecule has 1 aliphatic carbocycles. The summed E-state index contributed by atoms with van der Waals surface area (Å²) in [4.78, 5) is 32.0. The van der Waals surface area contributed by atoms with Gasteiger partial charge >= 0.3 is 0 Å². The Balaban J connectivity index is 1.04. The van der Waals surface area contributed by atoms with Crippen LogP contribution in [0.1, 0.15) is 38.2 Å². The minimum Gasteiger partial charge on any atom is -0.494 e. The number of anilines is 1. The Kier molecular flexibility index (Phi) is 8.15. The summed E-state index contributed by atoms with van der Waals surface area (Å²) < 4.78 is 7.58. The number of hydrogen-bond acceptors (Lipinski definition) is 8. The van der Waals surface area contributed by atoms with Gasteiger partial charge < -0.3 is 19.4 Å². The van der Waals surface area contributed by atoms with Crippen LogP contribution in [0, 0.1) is 5.92 Å². The van der Waals surface area contributed by atoms with Gasteiger partial charge in [0.1, 0.15) is 17.9 Å². The zero-order chi connectivity index (χ0) is 27.5. The molecular weight excluding hydrogens is 504 g/mol. The molecular formula is C30H42N8O2. The van der Waals surface area contributed by atoms with E-state index in [9.17, 15) is 4.79 Å². The number of rotatable bonds is 7. The van der Waals surface area contributed by atoms with Crippen LogP contribution in [0.4, 0.5) is 5.82 Å². The highest BCUT2D eigenvalue weighted by Crippen LogP contribution is 2.31. The predicted octanol–water partition coefficient (Wildman–Crippen LogP) is 2.73. The predicted molar refractivity (Wildman–Crippen MR) is 156 cm³/mol. The molecule has 4 heterocycles. The van der Waals surface area contributed by atoms with Crippen molar-refractivity contribution in [2.75, 3.05) is 70.9 Å². The Morgan fingerprint density at radius 2 is 1.75 bits per heavy atom. The topological polar surface area (TPSA) is 82.9 Å². The zero-order valence-electron chi connectivity index (χ0n) is 23.9. The van der Waals surface area contributed by atoms with Gasteiger partial charge in [0.2, 0.25) is 5.91 Å². The van der Waals surface area contributed by atoms with E-state index in [1.807, 2.05) is 36.0 Å². The summed E-state index contributed by atoms with van der Waals surface area (Å²) in [5.74, 6) is 2.30. The van der Waals surface area contributed by atoms with E-state index in [1.54, 1.807) is 6.33 Å². The molecule has 2 saturated heterocycles. The minimum absolute atomic E-state index is 0.181. The molecule has 3 aromatic rings. The number of benzene rings is 1. The highest BCUT2D eigenvalue weighted by molar-refractivity contribution is 5.87. The van der Waals surface area contributed by atoms with E-state index in [1.165, 1.54) is 0 Å². The number of nitrogens with zero attached hydrogens (tertiary/aromatic N) is 8. The van der Waals surface area contributed by atoms with Crippen molar-refractivity contribution in [2.45, 2.75) is 45.2 Å². The first-order valence-corrected chi connectivity index (χ1v) is 14.9. The van der Waals surface area contributed by atoms with Crippen LogP contribution in [0.15, 0.2) is 36.8 Å². The first-order valence-electron chi connectivity index (χ1n) is 14.9. The average Bonchev–Trinajstić information content (AvgIpc) is 3.40. The number of amides is 1. The lowest BCUT2D eigenvalue weighted by Gasteiger charge is -2.42. The van der Waals surface area contributed by atoms with Gasteiger partial charge in [0.25, 0.3) is 0 Å². The van der Waals surface area contributed by atoms with E-state index in [0.29, 0.717) is 25.1 Å². The van der Waals surface area contributed by atoms with Gasteiger partial charge in [0.05, 0.1) is 24.7 Å². The number of aromatic nitrogens is 4. The molecule has 0 bridgehead atoms. The lowest BCUT2D eigenvalue weighted by atomic mass is 9.84. The molecule has 3 aliphatic rings. The largest absolute Gasteiger partial charge is 0.494 e. The maximum atomic E-state index is 13.4. The molecule has 0 unspecified atom stereocenters. The second kappa shape index (κ2) is 12.1. The lowest BCUT2D eigenvalue weighted by Crippen LogP contribution is -2.52. The molecule has 2 aromatic heterocycles. The second-order valence-electron chi connectivity index (χ2n) is 11.5. The van der Waals surface area contributed by atoms with E-state index in [0.717, 1.165) is 106 Å². The third-order valence-corrected chi connectivity index (χ3v) is 8.95. The molecule has 0 N–H and O–H groups in total. The van der Waals surface area contributed by atoms with Crippen molar-refractivity contribution in [3.8, 4) is 5.75 Å². The first-order chi connectivity index (χ1) is 19.6. The average molecular weight is 547 g/mol. The molecule has 40 heavy (non-hydrogen) atoms. The van der Waals surface area contributed by atoms with Crippen LogP contribution in [-0.4, -0.2) is 112 Å².